The van der Waals surface area contributed by atoms with Crippen molar-refractivity contribution in [2.75, 3.05) is 11.4 Å². The maximum atomic E-state index is 12.6. The zero-order valence-corrected chi connectivity index (χ0v) is 14.3. The second-order valence-electron chi connectivity index (χ2n) is 5.48. The minimum absolute atomic E-state index is 0.0298. The van der Waals surface area contributed by atoms with Gasteiger partial charge in [0.15, 0.2) is 0 Å². The average molecular weight is 341 g/mol. The number of nitrogens with one attached hydrogen (secondary N) is 1. The van der Waals surface area contributed by atoms with Gasteiger partial charge >= 0.3 is 0 Å². The van der Waals surface area contributed by atoms with Gasteiger partial charge in [-0.25, -0.2) is 4.98 Å². The molecule has 3 rings (SSSR count). The van der Waals surface area contributed by atoms with Crippen LogP contribution in [0, 0.1) is 0 Å². The van der Waals surface area contributed by atoms with Crippen molar-refractivity contribution in [3.05, 3.63) is 54.2 Å². The first-order valence-electron chi connectivity index (χ1n) is 7.92. The second-order valence-corrected chi connectivity index (χ2v) is 6.67. The highest BCUT2D eigenvalue weighted by Crippen LogP contribution is 2.38. The lowest BCUT2D eigenvalue weighted by atomic mass is 10.2. The van der Waals surface area contributed by atoms with Crippen molar-refractivity contribution in [3.63, 3.8) is 0 Å². The van der Waals surface area contributed by atoms with Crippen LogP contribution in [0.3, 0.4) is 0 Å². The molecule has 0 saturated carbocycles. The van der Waals surface area contributed by atoms with Gasteiger partial charge in [-0.05, 0) is 24.6 Å². The number of nitrogens with zero attached hydrogens (tertiary/aromatic N) is 2. The molecular formula is C18H19N3O2S. The maximum absolute atomic E-state index is 12.6. The van der Waals surface area contributed by atoms with Crippen LogP contribution in [0.2, 0.25) is 0 Å². The summed E-state index contributed by atoms with van der Waals surface area (Å²) in [5, 5.41) is 3.26. The van der Waals surface area contributed by atoms with E-state index >= 15 is 0 Å². The Balaban J connectivity index is 1.65. The number of anilines is 1. The van der Waals surface area contributed by atoms with Crippen LogP contribution in [0.15, 0.2) is 53.7 Å². The third-order valence-corrected chi connectivity index (χ3v) is 5.05. The lowest BCUT2D eigenvalue weighted by Crippen LogP contribution is -2.43. The fourth-order valence-corrected chi connectivity index (χ4v) is 3.80. The molecule has 0 spiro atoms. The first kappa shape index (κ1) is 16.5. The number of fused-ring (bicyclic) bond motifs is 1. The van der Waals surface area contributed by atoms with Crippen LogP contribution in [0.1, 0.15) is 18.9 Å². The Hall–Kier alpha value is -2.34. The van der Waals surface area contributed by atoms with Crippen molar-refractivity contribution in [1.29, 1.82) is 0 Å². The van der Waals surface area contributed by atoms with E-state index in [2.05, 4.69) is 10.3 Å². The minimum atomic E-state index is -0.428. The summed E-state index contributed by atoms with van der Waals surface area (Å²) in [6.07, 6.45) is 1.87. The molecule has 0 saturated heterocycles. The molecule has 124 valence electrons. The van der Waals surface area contributed by atoms with E-state index in [1.165, 1.54) is 11.8 Å². The van der Waals surface area contributed by atoms with Crippen molar-refractivity contribution >= 4 is 29.3 Å². The molecule has 1 aliphatic heterocycles. The van der Waals surface area contributed by atoms with E-state index in [0.717, 1.165) is 16.3 Å². The Bertz CT molecular complexity index is 736. The average Bonchev–Trinajstić information content (AvgIpc) is 2.62. The van der Waals surface area contributed by atoms with E-state index in [9.17, 15) is 9.59 Å². The number of benzene rings is 1. The fourth-order valence-electron chi connectivity index (χ4n) is 2.65. The predicted octanol–water partition coefficient (Wildman–Crippen LogP) is 2.62. The molecule has 5 nitrogen and oxygen atoms in total. The van der Waals surface area contributed by atoms with Crippen LogP contribution in [-0.4, -0.2) is 28.6 Å². The van der Waals surface area contributed by atoms with Crippen molar-refractivity contribution in [1.82, 2.24) is 10.3 Å². The van der Waals surface area contributed by atoms with Gasteiger partial charge < -0.3 is 10.2 Å². The van der Waals surface area contributed by atoms with Gasteiger partial charge in [0.25, 0.3) is 0 Å². The number of amides is 2. The third kappa shape index (κ3) is 3.59. The zero-order chi connectivity index (χ0) is 16.9. The summed E-state index contributed by atoms with van der Waals surface area (Å²) in [5.74, 6) is -0.155. The molecule has 2 aromatic rings. The molecule has 1 aromatic carbocycles. The summed E-state index contributed by atoms with van der Waals surface area (Å²) in [7, 11) is 0. The minimum Gasteiger partial charge on any atom is -0.352 e. The Morgan fingerprint density at radius 2 is 2.04 bits per heavy atom. The van der Waals surface area contributed by atoms with Gasteiger partial charge in [0.2, 0.25) is 11.8 Å². The Labute approximate surface area is 145 Å². The number of hydrogen-bond donors (Lipinski definition) is 1. The molecule has 1 aromatic heterocycles. The lowest BCUT2D eigenvalue weighted by Gasteiger charge is -2.31. The fraction of sp³-hybridized carbons (Fsp3) is 0.278. The van der Waals surface area contributed by atoms with E-state index in [0.29, 0.717) is 13.1 Å². The van der Waals surface area contributed by atoms with E-state index in [4.69, 9.17) is 0 Å². The summed E-state index contributed by atoms with van der Waals surface area (Å²) in [6.45, 7) is 2.97. The summed E-state index contributed by atoms with van der Waals surface area (Å²) < 4.78 is 0. The van der Waals surface area contributed by atoms with Gasteiger partial charge in [0.1, 0.15) is 5.03 Å². The van der Waals surface area contributed by atoms with Crippen molar-refractivity contribution in [3.8, 4) is 0 Å². The number of carbonyl (C=O) groups is 2. The molecule has 6 heteroatoms. The topological polar surface area (TPSA) is 62.3 Å². The van der Waals surface area contributed by atoms with Gasteiger partial charge in [-0.3, -0.25) is 9.59 Å². The van der Waals surface area contributed by atoms with Crippen LogP contribution < -0.4 is 10.2 Å². The summed E-state index contributed by atoms with van der Waals surface area (Å²) in [5.41, 5.74) is 1.87. The molecule has 1 atom stereocenters. The number of pyridine rings is 1. The first-order chi connectivity index (χ1) is 11.7. The molecule has 0 aliphatic carbocycles. The van der Waals surface area contributed by atoms with Crippen LogP contribution in [-0.2, 0) is 16.1 Å². The highest BCUT2D eigenvalue weighted by molar-refractivity contribution is 8.00. The van der Waals surface area contributed by atoms with Crippen LogP contribution >= 0.6 is 11.8 Å². The molecule has 0 radical (unpaired) electrons. The third-order valence-electron chi connectivity index (χ3n) is 3.86. The number of carbonyl (C=O) groups excluding carboxylic acids is 2. The monoisotopic (exact) mass is 341 g/mol. The van der Waals surface area contributed by atoms with Crippen molar-refractivity contribution in [2.24, 2.45) is 0 Å². The maximum Gasteiger partial charge on any atom is 0.241 e. The zero-order valence-electron chi connectivity index (χ0n) is 13.4. The molecule has 0 fully saturated rings. The highest BCUT2D eigenvalue weighted by Gasteiger charge is 2.34. The van der Waals surface area contributed by atoms with Crippen molar-refractivity contribution in [2.45, 2.75) is 30.2 Å². The molecule has 1 aliphatic rings. The van der Waals surface area contributed by atoms with Crippen LogP contribution in [0.5, 0.6) is 0 Å². The lowest BCUT2D eigenvalue weighted by molar-refractivity contribution is -0.125. The molecule has 24 heavy (non-hydrogen) atoms. The molecule has 0 bridgehead atoms. The van der Waals surface area contributed by atoms with Gasteiger partial charge in [-0.1, -0.05) is 42.1 Å². The Morgan fingerprint density at radius 3 is 2.79 bits per heavy atom. The number of aromatic nitrogens is 1. The SMILES string of the molecule is CCN1C(=O)[C@H](CC(=O)NCc2ccccc2)Sc2ncccc21. The quantitative estimate of drug-likeness (QED) is 0.908. The number of rotatable bonds is 5. The first-order valence-corrected chi connectivity index (χ1v) is 8.80. The van der Waals surface area contributed by atoms with Crippen LogP contribution in [0.25, 0.3) is 0 Å². The molecule has 0 unspecified atom stereocenters. The number of thioether (sulfide) groups is 1. The molecule has 2 heterocycles. The normalized spacial score (nSPS) is 16.6. The molecular weight excluding hydrogens is 322 g/mol. The summed E-state index contributed by atoms with van der Waals surface area (Å²) in [4.78, 5) is 30.9. The van der Waals surface area contributed by atoms with E-state index in [1.54, 1.807) is 11.1 Å². The molecule has 2 amide bonds. The smallest absolute Gasteiger partial charge is 0.241 e. The van der Waals surface area contributed by atoms with Crippen LogP contribution in [0.4, 0.5) is 5.69 Å². The Kier molecular flexibility index (Phi) is 5.15. The van der Waals surface area contributed by atoms with E-state index in [1.807, 2.05) is 49.4 Å². The van der Waals surface area contributed by atoms with Crippen molar-refractivity contribution < 1.29 is 9.59 Å². The van der Waals surface area contributed by atoms with Gasteiger partial charge in [-0.15, -0.1) is 0 Å². The van der Waals surface area contributed by atoms with E-state index in [-0.39, 0.29) is 18.2 Å². The largest absolute Gasteiger partial charge is 0.352 e. The summed E-state index contributed by atoms with van der Waals surface area (Å²) in [6, 6.07) is 13.4. The highest BCUT2D eigenvalue weighted by atomic mass is 32.2. The van der Waals surface area contributed by atoms with E-state index < -0.39 is 5.25 Å². The number of hydrogen-bond acceptors (Lipinski definition) is 4. The standard InChI is InChI=1S/C18H19N3O2S/c1-2-21-14-9-6-10-19-17(14)24-15(18(21)23)11-16(22)20-12-13-7-4-3-5-8-13/h3-10,15H,2,11-12H2,1H3,(H,20,22)/t15-/m0/s1. The van der Waals surface area contributed by atoms with Gasteiger partial charge in [0, 0.05) is 25.7 Å². The molecule has 1 N–H and O–H groups in total. The predicted molar refractivity (Wildman–Crippen MR) is 94.8 cm³/mol. The van der Waals surface area contributed by atoms with Gasteiger partial charge in [-0.2, -0.15) is 0 Å². The Morgan fingerprint density at radius 1 is 1.25 bits per heavy atom. The summed E-state index contributed by atoms with van der Waals surface area (Å²) >= 11 is 1.37. The van der Waals surface area contributed by atoms with Gasteiger partial charge in [0.05, 0.1) is 10.9 Å². The second kappa shape index (κ2) is 7.49.